The molecule has 1 aromatic heterocycles. The number of rotatable bonds is 3. The van der Waals surface area contributed by atoms with E-state index in [0.29, 0.717) is 0 Å². The van der Waals surface area contributed by atoms with Crippen LogP contribution in [0.4, 0.5) is 5.82 Å². The molecule has 0 spiro atoms. The highest BCUT2D eigenvalue weighted by atomic mass is 32.2. The summed E-state index contributed by atoms with van der Waals surface area (Å²) in [5, 5.41) is 5.72. The number of aromatic nitrogens is 1. The van der Waals surface area contributed by atoms with Crippen molar-refractivity contribution in [2.24, 2.45) is 0 Å². The van der Waals surface area contributed by atoms with Gasteiger partial charge < -0.3 is 5.32 Å². The zero-order valence-electron chi connectivity index (χ0n) is 8.95. The SMILES string of the molecule is CCNc1nccc2ccc(SC)cc12. The number of hydrogen-bond donors (Lipinski definition) is 1. The number of nitrogens with zero attached hydrogens (tertiary/aromatic N) is 1. The molecule has 2 nitrogen and oxygen atoms in total. The second-order valence-corrected chi connectivity index (χ2v) is 4.16. The van der Waals surface area contributed by atoms with Gasteiger partial charge in [-0.3, -0.25) is 0 Å². The number of hydrogen-bond acceptors (Lipinski definition) is 3. The highest BCUT2D eigenvalue weighted by Crippen LogP contribution is 2.25. The molecule has 2 rings (SSSR count). The average Bonchev–Trinajstić information content (AvgIpc) is 2.29. The Labute approximate surface area is 94.1 Å². The zero-order valence-corrected chi connectivity index (χ0v) is 9.77. The third-order valence-corrected chi connectivity index (χ3v) is 3.04. The molecule has 1 N–H and O–H groups in total. The average molecular weight is 218 g/mol. The van der Waals surface area contributed by atoms with Crippen LogP contribution in [0.5, 0.6) is 0 Å². The van der Waals surface area contributed by atoms with Crippen molar-refractivity contribution < 1.29 is 0 Å². The van der Waals surface area contributed by atoms with Crippen molar-refractivity contribution in [2.75, 3.05) is 18.1 Å². The first-order valence-corrected chi connectivity index (χ1v) is 6.24. The molecule has 15 heavy (non-hydrogen) atoms. The molecule has 0 unspecified atom stereocenters. The molecular formula is C12H14N2S. The van der Waals surface area contributed by atoms with E-state index in [4.69, 9.17) is 0 Å². The second kappa shape index (κ2) is 4.53. The molecule has 0 aliphatic carbocycles. The van der Waals surface area contributed by atoms with Crippen molar-refractivity contribution in [2.45, 2.75) is 11.8 Å². The van der Waals surface area contributed by atoms with E-state index in [1.54, 1.807) is 11.8 Å². The van der Waals surface area contributed by atoms with Crippen LogP contribution in [0.1, 0.15) is 6.92 Å². The summed E-state index contributed by atoms with van der Waals surface area (Å²) in [6, 6.07) is 8.51. The summed E-state index contributed by atoms with van der Waals surface area (Å²) in [5.74, 6) is 0.978. The van der Waals surface area contributed by atoms with Crippen LogP contribution in [-0.4, -0.2) is 17.8 Å². The molecule has 0 amide bonds. The molecule has 78 valence electrons. The molecule has 0 fully saturated rings. The maximum Gasteiger partial charge on any atom is 0.133 e. The number of nitrogens with one attached hydrogen (secondary N) is 1. The molecular weight excluding hydrogens is 204 g/mol. The smallest absolute Gasteiger partial charge is 0.133 e. The van der Waals surface area contributed by atoms with Gasteiger partial charge in [-0.05, 0) is 36.8 Å². The van der Waals surface area contributed by atoms with Gasteiger partial charge >= 0.3 is 0 Å². The molecule has 1 aromatic carbocycles. The van der Waals surface area contributed by atoms with Gasteiger partial charge in [-0.1, -0.05) is 6.07 Å². The molecule has 2 aromatic rings. The second-order valence-electron chi connectivity index (χ2n) is 3.28. The number of benzene rings is 1. The summed E-state index contributed by atoms with van der Waals surface area (Å²) < 4.78 is 0. The molecule has 0 atom stereocenters. The van der Waals surface area contributed by atoms with E-state index in [1.165, 1.54) is 15.7 Å². The van der Waals surface area contributed by atoms with Crippen LogP contribution in [0.25, 0.3) is 10.8 Å². The molecule has 0 aliphatic heterocycles. The van der Waals surface area contributed by atoms with Crippen LogP contribution < -0.4 is 5.32 Å². The Hall–Kier alpha value is -1.22. The lowest BCUT2D eigenvalue weighted by Gasteiger charge is -2.07. The number of thioether (sulfide) groups is 1. The predicted molar refractivity (Wildman–Crippen MR) is 67.7 cm³/mol. The van der Waals surface area contributed by atoms with Crippen molar-refractivity contribution >= 4 is 28.4 Å². The Balaban J connectivity index is 2.59. The lowest BCUT2D eigenvalue weighted by molar-refractivity contribution is 1.17. The molecule has 0 saturated carbocycles. The number of pyridine rings is 1. The first-order chi connectivity index (χ1) is 7.35. The van der Waals surface area contributed by atoms with Crippen LogP contribution in [-0.2, 0) is 0 Å². The fourth-order valence-electron chi connectivity index (χ4n) is 1.58. The van der Waals surface area contributed by atoms with Gasteiger partial charge in [0.1, 0.15) is 5.82 Å². The van der Waals surface area contributed by atoms with Crippen LogP contribution in [0.15, 0.2) is 35.4 Å². The normalized spacial score (nSPS) is 10.5. The van der Waals surface area contributed by atoms with E-state index < -0.39 is 0 Å². The first-order valence-electron chi connectivity index (χ1n) is 5.01. The summed E-state index contributed by atoms with van der Waals surface area (Å²) in [6.07, 6.45) is 3.93. The van der Waals surface area contributed by atoms with Crippen molar-refractivity contribution in [3.05, 3.63) is 30.5 Å². The molecule has 1 heterocycles. The lowest BCUT2D eigenvalue weighted by atomic mass is 10.1. The van der Waals surface area contributed by atoms with E-state index in [2.05, 4.69) is 41.7 Å². The van der Waals surface area contributed by atoms with E-state index in [-0.39, 0.29) is 0 Å². The van der Waals surface area contributed by atoms with Gasteiger partial charge in [0.2, 0.25) is 0 Å². The third-order valence-electron chi connectivity index (χ3n) is 2.32. The van der Waals surface area contributed by atoms with Crippen LogP contribution in [0.2, 0.25) is 0 Å². The molecule has 0 bridgehead atoms. The van der Waals surface area contributed by atoms with Crippen LogP contribution in [0.3, 0.4) is 0 Å². The summed E-state index contributed by atoms with van der Waals surface area (Å²) in [4.78, 5) is 5.62. The van der Waals surface area contributed by atoms with Gasteiger partial charge in [-0.15, -0.1) is 11.8 Å². The number of anilines is 1. The molecule has 0 saturated heterocycles. The summed E-state index contributed by atoms with van der Waals surface area (Å²) in [7, 11) is 0. The molecule has 0 aliphatic rings. The van der Waals surface area contributed by atoms with E-state index in [1.807, 2.05) is 12.3 Å². The highest BCUT2D eigenvalue weighted by Gasteiger charge is 2.01. The van der Waals surface area contributed by atoms with Gasteiger partial charge in [0.25, 0.3) is 0 Å². The van der Waals surface area contributed by atoms with Crippen LogP contribution >= 0.6 is 11.8 Å². The standard InChI is InChI=1S/C12H14N2S/c1-3-13-12-11-8-10(15-2)5-4-9(11)6-7-14-12/h4-8H,3H2,1-2H3,(H,13,14). The largest absolute Gasteiger partial charge is 0.370 e. The van der Waals surface area contributed by atoms with Gasteiger partial charge in [-0.2, -0.15) is 0 Å². The number of fused-ring (bicyclic) bond motifs is 1. The maximum absolute atomic E-state index is 4.35. The first kappa shape index (κ1) is 10.3. The fraction of sp³-hybridized carbons (Fsp3) is 0.250. The third kappa shape index (κ3) is 2.07. The quantitative estimate of drug-likeness (QED) is 0.799. The summed E-state index contributed by atoms with van der Waals surface area (Å²) in [6.45, 7) is 2.98. The zero-order chi connectivity index (χ0) is 10.7. The Morgan fingerprint density at radius 3 is 2.93 bits per heavy atom. The van der Waals surface area contributed by atoms with Crippen molar-refractivity contribution in [3.63, 3.8) is 0 Å². The minimum atomic E-state index is 0.898. The van der Waals surface area contributed by atoms with Crippen molar-refractivity contribution in [1.29, 1.82) is 0 Å². The Morgan fingerprint density at radius 1 is 1.33 bits per heavy atom. The van der Waals surface area contributed by atoms with Crippen molar-refractivity contribution in [3.8, 4) is 0 Å². The minimum Gasteiger partial charge on any atom is -0.370 e. The van der Waals surface area contributed by atoms with Crippen molar-refractivity contribution in [1.82, 2.24) is 4.98 Å². The van der Waals surface area contributed by atoms with E-state index in [0.717, 1.165) is 12.4 Å². The van der Waals surface area contributed by atoms with Gasteiger partial charge in [-0.25, -0.2) is 4.98 Å². The highest BCUT2D eigenvalue weighted by molar-refractivity contribution is 7.98. The Morgan fingerprint density at radius 2 is 2.20 bits per heavy atom. The Bertz CT molecular complexity index is 468. The Kier molecular flexibility index (Phi) is 3.11. The topological polar surface area (TPSA) is 24.9 Å². The van der Waals surface area contributed by atoms with Gasteiger partial charge in [0.15, 0.2) is 0 Å². The van der Waals surface area contributed by atoms with Crippen LogP contribution in [0, 0.1) is 0 Å². The van der Waals surface area contributed by atoms with Gasteiger partial charge in [0, 0.05) is 23.0 Å². The molecule has 0 radical (unpaired) electrons. The predicted octanol–water partition coefficient (Wildman–Crippen LogP) is 3.39. The van der Waals surface area contributed by atoms with Gasteiger partial charge in [0.05, 0.1) is 0 Å². The van der Waals surface area contributed by atoms with E-state index in [9.17, 15) is 0 Å². The maximum atomic E-state index is 4.35. The summed E-state index contributed by atoms with van der Waals surface area (Å²) >= 11 is 1.75. The fourth-order valence-corrected chi connectivity index (χ4v) is 2.02. The lowest BCUT2D eigenvalue weighted by Crippen LogP contribution is -1.99. The monoisotopic (exact) mass is 218 g/mol. The minimum absolute atomic E-state index is 0.898. The molecule has 3 heteroatoms. The summed E-state index contributed by atoms with van der Waals surface area (Å²) in [5.41, 5.74) is 0. The van der Waals surface area contributed by atoms with E-state index >= 15 is 0 Å².